The Morgan fingerprint density at radius 1 is 1.04 bits per heavy atom. The van der Waals surface area contributed by atoms with Crippen LogP contribution in [0, 0.1) is 5.92 Å². The van der Waals surface area contributed by atoms with Crippen molar-refractivity contribution in [1.29, 1.82) is 0 Å². The lowest BCUT2D eigenvalue weighted by atomic mass is 9.99. The Labute approximate surface area is 155 Å². The molecule has 0 bridgehead atoms. The molecule has 1 heterocycles. The number of carbonyl (C=O) groups is 2. The molecule has 1 aliphatic rings. The monoisotopic (exact) mass is 350 g/mol. The smallest absolute Gasteiger partial charge is 0.243 e. The molecule has 1 saturated heterocycles. The summed E-state index contributed by atoms with van der Waals surface area (Å²) in [6.45, 7) is 3.12. The molecule has 0 saturated carbocycles. The minimum absolute atomic E-state index is 0.0494. The molecular formula is C22H26N2O2. The van der Waals surface area contributed by atoms with Crippen molar-refractivity contribution >= 4 is 11.8 Å². The molecule has 0 aromatic heterocycles. The lowest BCUT2D eigenvalue weighted by Gasteiger charge is -2.27. The molecule has 3 rings (SSSR count). The number of nitrogens with one attached hydrogen (secondary N) is 1. The molecule has 0 aliphatic carbocycles. The summed E-state index contributed by atoms with van der Waals surface area (Å²) in [6.07, 6.45) is 2.33. The normalized spacial score (nSPS) is 17.7. The molecule has 1 fully saturated rings. The summed E-state index contributed by atoms with van der Waals surface area (Å²) in [6, 6.07) is 19.5. The molecule has 2 aromatic rings. The number of nitrogens with zero attached hydrogens (tertiary/aromatic N) is 1. The Kier molecular flexibility index (Phi) is 6.05. The van der Waals surface area contributed by atoms with Crippen LogP contribution < -0.4 is 5.32 Å². The summed E-state index contributed by atoms with van der Waals surface area (Å²) in [5.74, 6) is -0.0993. The van der Waals surface area contributed by atoms with Crippen LogP contribution in [0.15, 0.2) is 60.7 Å². The second-order valence-corrected chi connectivity index (χ2v) is 6.98. The van der Waals surface area contributed by atoms with Crippen LogP contribution in [0.25, 0.3) is 0 Å². The molecule has 136 valence electrons. The number of amides is 2. The fraction of sp³-hybridized carbons (Fsp3) is 0.364. The van der Waals surface area contributed by atoms with Crippen LogP contribution in [0.4, 0.5) is 0 Å². The second kappa shape index (κ2) is 8.65. The van der Waals surface area contributed by atoms with Gasteiger partial charge in [-0.1, -0.05) is 67.6 Å². The number of carbonyl (C=O) groups excluding carboxylic acids is 2. The fourth-order valence-corrected chi connectivity index (χ4v) is 3.54. The molecule has 4 heteroatoms. The van der Waals surface area contributed by atoms with Gasteiger partial charge in [-0.25, -0.2) is 0 Å². The molecule has 26 heavy (non-hydrogen) atoms. The summed E-state index contributed by atoms with van der Waals surface area (Å²) >= 11 is 0. The SMILES string of the molecule is CC(Cc1ccccc1)C(=O)N1CCC[C@@H]1C(=O)NCc1ccccc1. The van der Waals surface area contributed by atoms with Gasteiger partial charge in [-0.3, -0.25) is 9.59 Å². The fourth-order valence-electron chi connectivity index (χ4n) is 3.54. The van der Waals surface area contributed by atoms with E-state index in [2.05, 4.69) is 5.32 Å². The highest BCUT2D eigenvalue weighted by atomic mass is 16.2. The van der Waals surface area contributed by atoms with Crippen LogP contribution in [0.5, 0.6) is 0 Å². The Hall–Kier alpha value is -2.62. The first kappa shape index (κ1) is 18.2. The molecule has 4 nitrogen and oxygen atoms in total. The van der Waals surface area contributed by atoms with E-state index in [0.29, 0.717) is 19.5 Å². The Balaban J connectivity index is 1.58. The van der Waals surface area contributed by atoms with Gasteiger partial charge < -0.3 is 10.2 Å². The van der Waals surface area contributed by atoms with Crippen LogP contribution in [-0.2, 0) is 22.6 Å². The zero-order chi connectivity index (χ0) is 18.4. The van der Waals surface area contributed by atoms with Crippen molar-refractivity contribution < 1.29 is 9.59 Å². The number of hydrogen-bond donors (Lipinski definition) is 1. The maximum absolute atomic E-state index is 12.9. The summed E-state index contributed by atoms with van der Waals surface area (Å²) in [5, 5.41) is 2.98. The maximum Gasteiger partial charge on any atom is 0.243 e. The Morgan fingerprint density at radius 2 is 1.65 bits per heavy atom. The molecule has 0 radical (unpaired) electrons. The minimum atomic E-state index is -0.343. The topological polar surface area (TPSA) is 49.4 Å². The highest BCUT2D eigenvalue weighted by Gasteiger charge is 2.35. The van der Waals surface area contributed by atoms with E-state index >= 15 is 0 Å². The van der Waals surface area contributed by atoms with Gasteiger partial charge in [-0.2, -0.15) is 0 Å². The van der Waals surface area contributed by atoms with Gasteiger partial charge in [0.05, 0.1) is 0 Å². The van der Waals surface area contributed by atoms with E-state index in [-0.39, 0.29) is 23.8 Å². The van der Waals surface area contributed by atoms with Crippen molar-refractivity contribution in [3.8, 4) is 0 Å². The van der Waals surface area contributed by atoms with E-state index < -0.39 is 0 Å². The van der Waals surface area contributed by atoms with Gasteiger partial charge in [-0.15, -0.1) is 0 Å². The summed E-state index contributed by atoms with van der Waals surface area (Å²) in [5.41, 5.74) is 2.21. The summed E-state index contributed by atoms with van der Waals surface area (Å²) < 4.78 is 0. The van der Waals surface area contributed by atoms with Crippen molar-refractivity contribution in [2.75, 3.05) is 6.54 Å². The second-order valence-electron chi connectivity index (χ2n) is 6.98. The van der Waals surface area contributed by atoms with E-state index in [1.165, 1.54) is 0 Å². The van der Waals surface area contributed by atoms with Gasteiger partial charge in [0, 0.05) is 19.0 Å². The van der Waals surface area contributed by atoms with Crippen LogP contribution >= 0.6 is 0 Å². The molecule has 0 spiro atoms. The standard InChI is InChI=1S/C22H26N2O2/c1-17(15-18-9-4-2-5-10-18)22(26)24-14-8-13-20(24)21(25)23-16-19-11-6-3-7-12-19/h2-7,9-12,17,20H,8,13-16H2,1H3,(H,23,25)/t17?,20-/m1/s1. The molecular weight excluding hydrogens is 324 g/mol. The first-order valence-corrected chi connectivity index (χ1v) is 9.31. The average molecular weight is 350 g/mol. The summed E-state index contributed by atoms with van der Waals surface area (Å²) in [4.78, 5) is 27.3. The van der Waals surface area contributed by atoms with E-state index in [9.17, 15) is 9.59 Å². The third kappa shape index (κ3) is 4.51. The third-order valence-corrected chi connectivity index (χ3v) is 4.95. The third-order valence-electron chi connectivity index (χ3n) is 4.95. The lowest BCUT2D eigenvalue weighted by Crippen LogP contribution is -2.47. The van der Waals surface area contributed by atoms with Gasteiger partial charge in [0.15, 0.2) is 0 Å². The largest absolute Gasteiger partial charge is 0.350 e. The van der Waals surface area contributed by atoms with Crippen LogP contribution in [-0.4, -0.2) is 29.3 Å². The first-order valence-electron chi connectivity index (χ1n) is 9.31. The number of benzene rings is 2. The van der Waals surface area contributed by atoms with Crippen molar-refractivity contribution in [3.63, 3.8) is 0 Å². The molecule has 2 aromatic carbocycles. The van der Waals surface area contributed by atoms with Crippen LogP contribution in [0.3, 0.4) is 0 Å². The Morgan fingerprint density at radius 3 is 2.31 bits per heavy atom. The van der Waals surface area contributed by atoms with Crippen LogP contribution in [0.2, 0.25) is 0 Å². The number of likely N-dealkylation sites (tertiary alicyclic amines) is 1. The van der Waals surface area contributed by atoms with E-state index in [4.69, 9.17) is 0 Å². The van der Waals surface area contributed by atoms with Crippen molar-refractivity contribution in [2.24, 2.45) is 5.92 Å². The van der Waals surface area contributed by atoms with E-state index in [1.807, 2.05) is 67.6 Å². The quantitative estimate of drug-likeness (QED) is 0.870. The van der Waals surface area contributed by atoms with Gasteiger partial charge in [0.1, 0.15) is 6.04 Å². The lowest BCUT2D eigenvalue weighted by molar-refractivity contribution is -0.141. The summed E-state index contributed by atoms with van der Waals surface area (Å²) in [7, 11) is 0. The maximum atomic E-state index is 12.9. The highest BCUT2D eigenvalue weighted by molar-refractivity contribution is 5.89. The van der Waals surface area contributed by atoms with Crippen molar-refractivity contribution in [1.82, 2.24) is 10.2 Å². The molecule has 1 aliphatic heterocycles. The molecule has 2 atom stereocenters. The van der Waals surface area contributed by atoms with E-state index in [1.54, 1.807) is 4.90 Å². The number of hydrogen-bond acceptors (Lipinski definition) is 2. The average Bonchev–Trinajstić information content (AvgIpc) is 3.17. The Bertz CT molecular complexity index is 730. The highest BCUT2D eigenvalue weighted by Crippen LogP contribution is 2.22. The zero-order valence-corrected chi connectivity index (χ0v) is 15.2. The molecule has 1 N–H and O–H groups in total. The molecule has 1 unspecified atom stereocenters. The predicted octanol–water partition coefficient (Wildman–Crippen LogP) is 3.17. The van der Waals surface area contributed by atoms with Crippen molar-refractivity contribution in [2.45, 2.75) is 38.8 Å². The van der Waals surface area contributed by atoms with Gasteiger partial charge in [0.2, 0.25) is 11.8 Å². The predicted molar refractivity (Wildman–Crippen MR) is 102 cm³/mol. The zero-order valence-electron chi connectivity index (χ0n) is 15.2. The minimum Gasteiger partial charge on any atom is -0.350 e. The van der Waals surface area contributed by atoms with Gasteiger partial charge in [-0.05, 0) is 30.4 Å². The van der Waals surface area contributed by atoms with Crippen LogP contribution in [0.1, 0.15) is 30.9 Å². The van der Waals surface area contributed by atoms with E-state index in [0.717, 1.165) is 24.0 Å². The van der Waals surface area contributed by atoms with Gasteiger partial charge >= 0.3 is 0 Å². The number of rotatable bonds is 6. The molecule has 2 amide bonds. The first-order chi connectivity index (χ1) is 12.6. The van der Waals surface area contributed by atoms with Crippen molar-refractivity contribution in [3.05, 3.63) is 71.8 Å². The van der Waals surface area contributed by atoms with Gasteiger partial charge in [0.25, 0.3) is 0 Å².